The maximum atomic E-state index is 5.65. The van der Waals surface area contributed by atoms with E-state index < -0.39 is 0 Å². The number of pyridine rings is 2. The molecular weight excluding hydrogens is 305 g/mol. The van der Waals surface area contributed by atoms with E-state index in [1.54, 1.807) is 24.3 Å². The van der Waals surface area contributed by atoms with E-state index in [1.807, 2.05) is 0 Å². The first-order valence-electron chi connectivity index (χ1n) is 5.10. The quantitative estimate of drug-likeness (QED) is 0.622. The van der Waals surface area contributed by atoms with Crippen molar-refractivity contribution in [2.75, 3.05) is 11.5 Å². The van der Waals surface area contributed by atoms with Crippen LogP contribution in [0, 0.1) is 0 Å². The summed E-state index contributed by atoms with van der Waals surface area (Å²) in [6.07, 6.45) is 1.52. The lowest BCUT2D eigenvalue weighted by atomic mass is 10.4. The Kier molecular flexibility index (Phi) is 4.36. The Bertz CT molecular complexity index is 662. The predicted molar refractivity (Wildman–Crippen MR) is 80.5 cm³/mol. The highest BCUT2D eigenvalue weighted by molar-refractivity contribution is 7.21. The van der Waals surface area contributed by atoms with Gasteiger partial charge in [0.2, 0.25) is 0 Å². The van der Waals surface area contributed by atoms with E-state index in [2.05, 4.69) is 15.0 Å². The molecule has 98 valence electrons. The van der Waals surface area contributed by atoms with Gasteiger partial charge in [-0.2, -0.15) is 0 Å². The van der Waals surface area contributed by atoms with E-state index in [1.165, 1.54) is 17.5 Å². The first-order valence-corrected chi connectivity index (χ1v) is 6.67. The van der Waals surface area contributed by atoms with Gasteiger partial charge in [-0.1, -0.05) is 34.5 Å². The maximum Gasteiger partial charge on any atom is 0.182 e. The van der Waals surface area contributed by atoms with Crippen LogP contribution in [0.4, 0.5) is 10.8 Å². The Balaban J connectivity index is 0.000000148. The van der Waals surface area contributed by atoms with E-state index in [0.29, 0.717) is 21.1 Å². The second-order valence-corrected chi connectivity index (χ2v) is 5.21. The minimum absolute atomic E-state index is 0.471. The standard InChI is InChI=1S/C6H4ClN3S.C5H5ClN2/c7-4-2-1-3-5(10-4)11-6(8)9-3;6-5-2-1-4(7)3-8-5/h1-2H,(H2,8,9);1-3H,7H2. The minimum atomic E-state index is 0.471. The molecule has 3 heterocycles. The number of nitrogens with two attached hydrogens (primary N) is 2. The third-order valence-corrected chi connectivity index (χ3v) is 3.22. The Hall–Kier alpha value is -1.63. The normalized spacial score (nSPS) is 10.0. The fourth-order valence-corrected chi connectivity index (χ4v) is 2.21. The smallest absolute Gasteiger partial charge is 0.182 e. The van der Waals surface area contributed by atoms with Crippen molar-refractivity contribution in [1.82, 2.24) is 15.0 Å². The molecule has 8 heteroatoms. The summed E-state index contributed by atoms with van der Waals surface area (Å²) in [6, 6.07) is 6.85. The number of halogens is 2. The van der Waals surface area contributed by atoms with E-state index in [0.717, 1.165) is 10.3 Å². The number of aromatic nitrogens is 3. The van der Waals surface area contributed by atoms with Crippen molar-refractivity contribution in [2.45, 2.75) is 0 Å². The van der Waals surface area contributed by atoms with Gasteiger partial charge in [-0.05, 0) is 24.3 Å². The Morgan fingerprint density at radius 1 is 0.947 bits per heavy atom. The second-order valence-electron chi connectivity index (χ2n) is 3.42. The van der Waals surface area contributed by atoms with Crippen molar-refractivity contribution >= 4 is 55.7 Å². The molecular formula is C11H9Cl2N5S. The molecule has 3 aromatic rings. The van der Waals surface area contributed by atoms with Gasteiger partial charge in [-0.25, -0.2) is 15.0 Å². The summed E-state index contributed by atoms with van der Waals surface area (Å²) in [6.45, 7) is 0. The lowest BCUT2D eigenvalue weighted by molar-refractivity contribution is 1.33. The number of anilines is 2. The lowest BCUT2D eigenvalue weighted by Gasteiger charge is -1.87. The number of fused-ring (bicyclic) bond motifs is 1. The Labute approximate surface area is 123 Å². The first-order chi connectivity index (χ1) is 9.04. The Morgan fingerprint density at radius 3 is 2.32 bits per heavy atom. The average molecular weight is 314 g/mol. The first kappa shape index (κ1) is 13.8. The zero-order valence-corrected chi connectivity index (χ0v) is 11.9. The average Bonchev–Trinajstić information content (AvgIpc) is 2.73. The van der Waals surface area contributed by atoms with Gasteiger partial charge in [0, 0.05) is 0 Å². The number of hydrogen-bond acceptors (Lipinski definition) is 6. The topological polar surface area (TPSA) is 90.7 Å². The summed E-state index contributed by atoms with van der Waals surface area (Å²) in [5, 5.41) is 1.47. The molecule has 0 aliphatic rings. The summed E-state index contributed by atoms with van der Waals surface area (Å²) in [5.41, 5.74) is 12.2. The molecule has 3 aromatic heterocycles. The van der Waals surface area contributed by atoms with E-state index in [4.69, 9.17) is 34.7 Å². The van der Waals surface area contributed by atoms with Crippen LogP contribution in [0.1, 0.15) is 0 Å². The van der Waals surface area contributed by atoms with Crippen LogP contribution in [0.2, 0.25) is 10.3 Å². The largest absolute Gasteiger partial charge is 0.397 e. The van der Waals surface area contributed by atoms with Crippen molar-refractivity contribution in [1.29, 1.82) is 0 Å². The predicted octanol–water partition coefficient (Wildman–Crippen LogP) is 3.24. The summed E-state index contributed by atoms with van der Waals surface area (Å²) in [7, 11) is 0. The molecule has 0 radical (unpaired) electrons. The van der Waals surface area contributed by atoms with Gasteiger partial charge in [-0.3, -0.25) is 0 Å². The fraction of sp³-hybridized carbons (Fsp3) is 0. The zero-order valence-electron chi connectivity index (χ0n) is 9.55. The molecule has 0 bridgehead atoms. The molecule has 0 atom stereocenters. The number of nitrogens with zero attached hydrogens (tertiary/aromatic N) is 3. The van der Waals surface area contributed by atoms with Crippen LogP contribution in [0.25, 0.3) is 10.3 Å². The molecule has 0 saturated heterocycles. The van der Waals surface area contributed by atoms with Gasteiger partial charge in [0.1, 0.15) is 20.7 Å². The van der Waals surface area contributed by atoms with Crippen molar-refractivity contribution < 1.29 is 0 Å². The van der Waals surface area contributed by atoms with E-state index in [9.17, 15) is 0 Å². The molecule has 0 saturated carbocycles. The van der Waals surface area contributed by atoms with E-state index >= 15 is 0 Å². The molecule has 0 amide bonds. The van der Waals surface area contributed by atoms with Gasteiger partial charge in [-0.15, -0.1) is 0 Å². The highest BCUT2D eigenvalue weighted by atomic mass is 35.5. The molecule has 0 spiro atoms. The monoisotopic (exact) mass is 313 g/mol. The minimum Gasteiger partial charge on any atom is -0.397 e. The van der Waals surface area contributed by atoms with Crippen LogP contribution in [-0.2, 0) is 0 Å². The van der Waals surface area contributed by atoms with Crippen molar-refractivity contribution in [3.63, 3.8) is 0 Å². The zero-order chi connectivity index (χ0) is 13.8. The molecule has 4 N–H and O–H groups in total. The van der Waals surface area contributed by atoms with Crippen molar-refractivity contribution in [3.05, 3.63) is 40.8 Å². The summed E-state index contributed by atoms with van der Waals surface area (Å²) >= 11 is 12.4. The maximum absolute atomic E-state index is 5.65. The summed E-state index contributed by atoms with van der Waals surface area (Å²) in [5.74, 6) is 0. The van der Waals surface area contributed by atoms with Crippen LogP contribution in [0.3, 0.4) is 0 Å². The van der Waals surface area contributed by atoms with Crippen LogP contribution >= 0.6 is 34.5 Å². The van der Waals surface area contributed by atoms with Crippen LogP contribution < -0.4 is 11.5 Å². The third-order valence-electron chi connectivity index (χ3n) is 1.99. The second kappa shape index (κ2) is 6.01. The summed E-state index contributed by atoms with van der Waals surface area (Å²) < 4.78 is 0. The molecule has 0 unspecified atom stereocenters. The number of rotatable bonds is 0. The molecule has 0 aliphatic carbocycles. The van der Waals surface area contributed by atoms with Crippen LogP contribution in [0.5, 0.6) is 0 Å². The molecule has 19 heavy (non-hydrogen) atoms. The number of hydrogen-bond donors (Lipinski definition) is 2. The Morgan fingerprint density at radius 2 is 1.68 bits per heavy atom. The third kappa shape index (κ3) is 3.92. The van der Waals surface area contributed by atoms with Gasteiger partial charge in [0.05, 0.1) is 11.9 Å². The SMILES string of the molecule is Nc1ccc(Cl)nc1.Nc1nc2ccc(Cl)nc2s1. The number of thiazole rings is 1. The van der Waals surface area contributed by atoms with Crippen LogP contribution in [0.15, 0.2) is 30.5 Å². The van der Waals surface area contributed by atoms with Crippen molar-refractivity contribution in [2.24, 2.45) is 0 Å². The molecule has 0 aromatic carbocycles. The van der Waals surface area contributed by atoms with E-state index in [-0.39, 0.29) is 0 Å². The summed E-state index contributed by atoms with van der Waals surface area (Å²) in [4.78, 5) is 12.6. The molecule has 3 rings (SSSR count). The highest BCUT2D eigenvalue weighted by Gasteiger charge is 2.01. The lowest BCUT2D eigenvalue weighted by Crippen LogP contribution is -1.83. The van der Waals surface area contributed by atoms with Crippen LogP contribution in [-0.4, -0.2) is 15.0 Å². The van der Waals surface area contributed by atoms with Gasteiger partial charge >= 0.3 is 0 Å². The fourth-order valence-electron chi connectivity index (χ4n) is 1.20. The molecule has 0 fully saturated rings. The number of nitrogen functional groups attached to an aromatic ring is 2. The molecule has 5 nitrogen and oxygen atoms in total. The molecule has 0 aliphatic heterocycles. The van der Waals surface area contributed by atoms with Gasteiger partial charge < -0.3 is 11.5 Å². The van der Waals surface area contributed by atoms with Gasteiger partial charge in [0.25, 0.3) is 0 Å². The van der Waals surface area contributed by atoms with Crippen molar-refractivity contribution in [3.8, 4) is 0 Å². The van der Waals surface area contributed by atoms with Gasteiger partial charge in [0.15, 0.2) is 5.13 Å². The highest BCUT2D eigenvalue weighted by Crippen LogP contribution is 2.22.